The summed E-state index contributed by atoms with van der Waals surface area (Å²) in [4.78, 5) is 15.8. The number of rotatable bonds is 5. The van der Waals surface area contributed by atoms with Crippen molar-refractivity contribution in [1.82, 2.24) is 15.0 Å². The monoisotopic (exact) mass is 741 g/mol. The molecule has 0 aliphatic heterocycles. The summed E-state index contributed by atoms with van der Waals surface area (Å²) in [7, 11) is 0. The molecule has 0 saturated carbocycles. The van der Waals surface area contributed by atoms with Gasteiger partial charge in [-0.1, -0.05) is 158 Å². The third-order valence-corrected chi connectivity index (χ3v) is 11.3. The maximum atomic E-state index is 6.68. The van der Waals surface area contributed by atoms with Crippen LogP contribution in [-0.2, 0) is 0 Å². The smallest absolute Gasteiger partial charge is 0.167 e. The molecule has 0 fully saturated rings. The molecule has 0 spiro atoms. The summed E-state index contributed by atoms with van der Waals surface area (Å²) in [6, 6.07) is 65.1. The van der Waals surface area contributed by atoms with E-state index in [0.717, 1.165) is 88.0 Å². The lowest BCUT2D eigenvalue weighted by Gasteiger charge is -2.11. The Hall–Kier alpha value is -7.89. The van der Waals surface area contributed by atoms with Crippen LogP contribution in [0.2, 0.25) is 0 Å². The molecule has 0 saturated heterocycles. The van der Waals surface area contributed by atoms with Gasteiger partial charge in [0.25, 0.3) is 0 Å². The van der Waals surface area contributed by atoms with Gasteiger partial charge in [-0.15, -0.1) is 0 Å². The van der Waals surface area contributed by atoms with E-state index in [1.54, 1.807) is 0 Å². The van der Waals surface area contributed by atoms with Crippen molar-refractivity contribution >= 4 is 65.4 Å². The Balaban J connectivity index is 1.09. The van der Waals surface area contributed by atoms with E-state index >= 15 is 0 Å². The summed E-state index contributed by atoms with van der Waals surface area (Å²) >= 11 is 0. The van der Waals surface area contributed by atoms with Crippen molar-refractivity contribution in [2.45, 2.75) is 0 Å². The fraction of sp³-hybridized carbons (Fsp3) is 0. The summed E-state index contributed by atoms with van der Waals surface area (Å²) in [6.45, 7) is 0. The molecule has 0 aliphatic rings. The first kappa shape index (κ1) is 32.4. The number of hydrogen-bond donors (Lipinski definition) is 0. The fourth-order valence-corrected chi connectivity index (χ4v) is 8.58. The average Bonchev–Trinajstić information content (AvgIpc) is 3.88. The molecule has 0 aliphatic carbocycles. The highest BCUT2D eigenvalue weighted by Gasteiger charge is 2.22. The van der Waals surface area contributed by atoms with Crippen LogP contribution in [0, 0.1) is 0 Å². The van der Waals surface area contributed by atoms with Gasteiger partial charge in [0.2, 0.25) is 0 Å². The van der Waals surface area contributed by atoms with Crippen LogP contribution in [0.4, 0.5) is 0 Å². The summed E-state index contributed by atoms with van der Waals surface area (Å²) in [6.07, 6.45) is 0. The first-order valence-corrected chi connectivity index (χ1v) is 19.4. The fourth-order valence-electron chi connectivity index (χ4n) is 8.58. The molecule has 3 aromatic heterocycles. The molecule has 0 unspecified atom stereocenters. The van der Waals surface area contributed by atoms with Crippen molar-refractivity contribution in [3.05, 3.63) is 188 Å². The molecule has 9 aromatic carbocycles. The zero-order valence-corrected chi connectivity index (χ0v) is 31.1. The van der Waals surface area contributed by atoms with Crippen LogP contribution < -0.4 is 0 Å². The second-order valence-electron chi connectivity index (χ2n) is 14.7. The van der Waals surface area contributed by atoms with Crippen molar-refractivity contribution in [3.8, 4) is 56.4 Å². The molecule has 0 bridgehead atoms. The van der Waals surface area contributed by atoms with Crippen LogP contribution in [-0.4, -0.2) is 15.0 Å². The van der Waals surface area contributed by atoms with E-state index < -0.39 is 0 Å². The molecule has 5 nitrogen and oxygen atoms in total. The molecule has 0 radical (unpaired) electrons. The Morgan fingerprint density at radius 2 is 0.897 bits per heavy atom. The number of fused-ring (bicyclic) bond motifs is 9. The van der Waals surface area contributed by atoms with Gasteiger partial charge in [-0.2, -0.15) is 0 Å². The van der Waals surface area contributed by atoms with Crippen LogP contribution in [0.3, 0.4) is 0 Å². The SMILES string of the molecule is c1ccc(-c2ccc3c(c2)oc2cccc(-c4nc(-c5ccc(-c6cccc7ccccc67)cc5)nc(-c5cc6ccccc6c6c5oc5ccccc56)n4)c23)cc1. The molecule has 5 heteroatoms. The minimum atomic E-state index is 0.532. The maximum Gasteiger partial charge on any atom is 0.167 e. The number of aromatic nitrogens is 3. The molecule has 0 N–H and O–H groups in total. The van der Waals surface area contributed by atoms with Gasteiger partial charge in [0.05, 0.1) is 5.56 Å². The average molecular weight is 742 g/mol. The number of hydrogen-bond acceptors (Lipinski definition) is 5. The minimum Gasteiger partial charge on any atom is -0.456 e. The van der Waals surface area contributed by atoms with Gasteiger partial charge < -0.3 is 8.83 Å². The molecule has 12 aromatic rings. The Kier molecular flexibility index (Phi) is 7.16. The third-order valence-electron chi connectivity index (χ3n) is 11.3. The number of para-hydroxylation sites is 1. The van der Waals surface area contributed by atoms with Crippen LogP contribution >= 0.6 is 0 Å². The summed E-state index contributed by atoms with van der Waals surface area (Å²) in [5, 5.41) is 8.68. The lowest BCUT2D eigenvalue weighted by Crippen LogP contribution is -2.01. The summed E-state index contributed by atoms with van der Waals surface area (Å²) in [5.74, 6) is 1.65. The Morgan fingerprint density at radius 3 is 1.76 bits per heavy atom. The third kappa shape index (κ3) is 5.14. The van der Waals surface area contributed by atoms with Crippen LogP contribution in [0.5, 0.6) is 0 Å². The van der Waals surface area contributed by atoms with Crippen LogP contribution in [0.25, 0.3) is 122 Å². The molecular formula is C53H31N3O2. The largest absolute Gasteiger partial charge is 0.456 e. The Labute approximate surface area is 332 Å². The zero-order valence-electron chi connectivity index (χ0n) is 31.1. The number of furan rings is 2. The highest BCUT2D eigenvalue weighted by atomic mass is 16.3. The van der Waals surface area contributed by atoms with E-state index in [-0.39, 0.29) is 0 Å². The van der Waals surface area contributed by atoms with Crippen molar-refractivity contribution in [2.24, 2.45) is 0 Å². The van der Waals surface area contributed by atoms with Gasteiger partial charge in [0, 0.05) is 32.7 Å². The van der Waals surface area contributed by atoms with Crippen molar-refractivity contribution in [2.75, 3.05) is 0 Å². The molecule has 3 heterocycles. The van der Waals surface area contributed by atoms with Crippen molar-refractivity contribution < 1.29 is 8.83 Å². The van der Waals surface area contributed by atoms with Crippen LogP contribution in [0.1, 0.15) is 0 Å². The summed E-state index contributed by atoms with van der Waals surface area (Å²) in [5.41, 5.74) is 10.2. The first-order valence-electron chi connectivity index (χ1n) is 19.4. The molecule has 270 valence electrons. The van der Waals surface area contributed by atoms with Gasteiger partial charge in [-0.05, 0) is 74.1 Å². The van der Waals surface area contributed by atoms with E-state index in [1.807, 2.05) is 30.3 Å². The highest BCUT2D eigenvalue weighted by molar-refractivity contribution is 6.22. The quantitative estimate of drug-likeness (QED) is 0.176. The Bertz CT molecular complexity index is 3560. The van der Waals surface area contributed by atoms with Gasteiger partial charge >= 0.3 is 0 Å². The van der Waals surface area contributed by atoms with Crippen molar-refractivity contribution in [1.29, 1.82) is 0 Å². The Morgan fingerprint density at radius 1 is 0.293 bits per heavy atom. The molecule has 12 rings (SSSR count). The maximum absolute atomic E-state index is 6.68. The van der Waals surface area contributed by atoms with Gasteiger partial charge in [0.15, 0.2) is 17.5 Å². The second kappa shape index (κ2) is 12.8. The van der Waals surface area contributed by atoms with E-state index in [9.17, 15) is 0 Å². The van der Waals surface area contributed by atoms with Gasteiger partial charge in [-0.25, -0.2) is 15.0 Å². The first-order chi connectivity index (χ1) is 28.7. The molecule has 0 amide bonds. The molecule has 0 atom stereocenters. The van der Waals surface area contributed by atoms with Gasteiger partial charge in [0.1, 0.15) is 22.3 Å². The van der Waals surface area contributed by atoms with Crippen LogP contribution in [0.15, 0.2) is 197 Å². The van der Waals surface area contributed by atoms with E-state index in [4.69, 9.17) is 23.8 Å². The molecule has 58 heavy (non-hydrogen) atoms. The van der Waals surface area contributed by atoms with E-state index in [1.165, 1.54) is 16.3 Å². The lowest BCUT2D eigenvalue weighted by molar-refractivity contribution is 0.669. The van der Waals surface area contributed by atoms with Crippen molar-refractivity contribution in [3.63, 3.8) is 0 Å². The topological polar surface area (TPSA) is 65.0 Å². The number of nitrogens with zero attached hydrogens (tertiary/aromatic N) is 3. The normalized spacial score (nSPS) is 11.8. The highest BCUT2D eigenvalue weighted by Crippen LogP contribution is 2.42. The number of benzene rings is 9. The predicted octanol–water partition coefficient (Wildman–Crippen LogP) is 14.3. The lowest BCUT2D eigenvalue weighted by atomic mass is 9.97. The standard InChI is InChI=1S/C53H31N3O2/c1-2-12-32(13-3-1)36-28-29-42-47(31-36)57-46-23-11-21-43(48(42)46)52-54-51(35-26-24-34(25-27-35)39-20-10-16-33-14-4-6-17-38(33)39)55-53(56-52)44-30-37-15-5-7-18-40(37)49-41-19-8-9-22-45(41)58-50(44)49/h1-31H. The van der Waals surface area contributed by atoms with E-state index in [2.05, 4.69) is 158 Å². The zero-order chi connectivity index (χ0) is 38.2. The minimum absolute atomic E-state index is 0.532. The molecular weight excluding hydrogens is 711 g/mol. The second-order valence-corrected chi connectivity index (χ2v) is 14.7. The summed E-state index contributed by atoms with van der Waals surface area (Å²) < 4.78 is 13.2. The predicted molar refractivity (Wildman–Crippen MR) is 237 cm³/mol. The van der Waals surface area contributed by atoms with Gasteiger partial charge in [-0.3, -0.25) is 0 Å². The van der Waals surface area contributed by atoms with E-state index in [0.29, 0.717) is 17.5 Å².